The second-order valence-electron chi connectivity index (χ2n) is 4.68. The quantitative estimate of drug-likeness (QED) is 0.734. The molecule has 17 heavy (non-hydrogen) atoms. The molecule has 1 atom stereocenters. The number of benzene rings is 1. The number of phenolic OH excluding ortho intramolecular Hbond substituents is 1. The summed E-state index contributed by atoms with van der Waals surface area (Å²) in [5.74, 6) is 0.638. The highest BCUT2D eigenvalue weighted by Crippen LogP contribution is 2.23. The van der Waals surface area contributed by atoms with Gasteiger partial charge in [-0.2, -0.15) is 0 Å². The van der Waals surface area contributed by atoms with Gasteiger partial charge in [0.25, 0.3) is 0 Å². The van der Waals surface area contributed by atoms with Gasteiger partial charge in [0.2, 0.25) is 0 Å². The highest BCUT2D eigenvalue weighted by atomic mass is 35.5. The Labute approximate surface area is 107 Å². The van der Waals surface area contributed by atoms with Gasteiger partial charge in [0, 0.05) is 12.6 Å². The molecule has 0 fully saturated rings. The molecule has 96 valence electrons. The standard InChI is InChI=1S/C13H20ClNO2/c1-9(2)5-11(8-16)15-7-10-3-4-13(17)12(14)6-10/h3-4,6,9,11,15-17H,5,7-8H2,1-2H3. The Kier molecular flexibility index (Phi) is 5.75. The molecule has 4 heteroatoms. The molecule has 0 aliphatic heterocycles. The summed E-state index contributed by atoms with van der Waals surface area (Å²) in [5, 5.41) is 22.1. The van der Waals surface area contributed by atoms with Crippen molar-refractivity contribution in [3.63, 3.8) is 0 Å². The number of nitrogens with one attached hydrogen (secondary N) is 1. The molecule has 0 saturated heterocycles. The van der Waals surface area contributed by atoms with E-state index in [1.165, 1.54) is 0 Å². The summed E-state index contributed by atoms with van der Waals surface area (Å²) in [7, 11) is 0. The van der Waals surface area contributed by atoms with Crippen LogP contribution in [-0.4, -0.2) is 22.9 Å². The third-order valence-electron chi connectivity index (χ3n) is 2.58. The highest BCUT2D eigenvalue weighted by molar-refractivity contribution is 6.32. The number of aromatic hydroxyl groups is 1. The lowest BCUT2D eigenvalue weighted by Crippen LogP contribution is -2.33. The van der Waals surface area contributed by atoms with Crippen molar-refractivity contribution in [2.24, 2.45) is 5.92 Å². The minimum atomic E-state index is 0.0938. The van der Waals surface area contributed by atoms with Crippen molar-refractivity contribution >= 4 is 11.6 Å². The van der Waals surface area contributed by atoms with Crippen LogP contribution in [0.4, 0.5) is 0 Å². The van der Waals surface area contributed by atoms with E-state index in [1.807, 2.05) is 6.07 Å². The van der Waals surface area contributed by atoms with Crippen molar-refractivity contribution in [1.82, 2.24) is 5.32 Å². The number of rotatable bonds is 6. The normalized spacial score (nSPS) is 13.0. The molecule has 0 aliphatic carbocycles. The van der Waals surface area contributed by atoms with Crippen molar-refractivity contribution in [3.8, 4) is 5.75 Å². The molecule has 0 radical (unpaired) electrons. The molecule has 0 aromatic heterocycles. The van der Waals surface area contributed by atoms with Crippen LogP contribution in [0.1, 0.15) is 25.8 Å². The lowest BCUT2D eigenvalue weighted by molar-refractivity contribution is 0.223. The molecule has 0 bridgehead atoms. The van der Waals surface area contributed by atoms with Gasteiger partial charge in [-0.15, -0.1) is 0 Å². The van der Waals surface area contributed by atoms with E-state index in [2.05, 4.69) is 19.2 Å². The van der Waals surface area contributed by atoms with Crippen LogP contribution in [0.25, 0.3) is 0 Å². The summed E-state index contributed by atoms with van der Waals surface area (Å²) in [5.41, 5.74) is 0.995. The predicted octanol–water partition coefficient (Wildman–Crippen LogP) is 2.54. The van der Waals surface area contributed by atoms with Crippen molar-refractivity contribution in [2.75, 3.05) is 6.61 Å². The van der Waals surface area contributed by atoms with Crippen molar-refractivity contribution < 1.29 is 10.2 Å². The van der Waals surface area contributed by atoms with Crippen LogP contribution >= 0.6 is 11.6 Å². The van der Waals surface area contributed by atoms with Gasteiger partial charge in [0.15, 0.2) is 0 Å². The Morgan fingerprint density at radius 3 is 2.59 bits per heavy atom. The third-order valence-corrected chi connectivity index (χ3v) is 2.89. The van der Waals surface area contributed by atoms with Gasteiger partial charge in [-0.05, 0) is 30.0 Å². The summed E-state index contributed by atoms with van der Waals surface area (Å²) in [6.07, 6.45) is 0.933. The first-order chi connectivity index (χ1) is 8.02. The van der Waals surface area contributed by atoms with Gasteiger partial charge in [-0.1, -0.05) is 31.5 Å². The van der Waals surface area contributed by atoms with E-state index in [9.17, 15) is 10.2 Å². The zero-order valence-corrected chi connectivity index (χ0v) is 11.0. The molecule has 1 unspecified atom stereocenters. The van der Waals surface area contributed by atoms with E-state index in [1.54, 1.807) is 12.1 Å². The largest absolute Gasteiger partial charge is 0.506 e. The lowest BCUT2D eigenvalue weighted by Gasteiger charge is -2.18. The Balaban J connectivity index is 2.50. The zero-order chi connectivity index (χ0) is 12.8. The molecule has 1 rings (SSSR count). The predicted molar refractivity (Wildman–Crippen MR) is 70.3 cm³/mol. The number of phenols is 1. The van der Waals surface area contributed by atoms with E-state index in [0.717, 1.165) is 12.0 Å². The molecular weight excluding hydrogens is 238 g/mol. The summed E-state index contributed by atoms with van der Waals surface area (Å²) in [6.45, 7) is 5.02. The summed E-state index contributed by atoms with van der Waals surface area (Å²) in [6, 6.07) is 5.23. The van der Waals surface area contributed by atoms with Crippen LogP contribution in [0.3, 0.4) is 0 Å². The van der Waals surface area contributed by atoms with Gasteiger partial charge in [0.05, 0.1) is 11.6 Å². The van der Waals surface area contributed by atoms with E-state index >= 15 is 0 Å². The first-order valence-electron chi connectivity index (χ1n) is 5.84. The van der Waals surface area contributed by atoms with Gasteiger partial charge in [-0.3, -0.25) is 0 Å². The highest BCUT2D eigenvalue weighted by Gasteiger charge is 2.09. The fourth-order valence-electron chi connectivity index (χ4n) is 1.71. The van der Waals surface area contributed by atoms with E-state index < -0.39 is 0 Å². The van der Waals surface area contributed by atoms with Crippen molar-refractivity contribution in [1.29, 1.82) is 0 Å². The molecule has 0 heterocycles. The molecule has 0 aliphatic rings. The van der Waals surface area contributed by atoms with Gasteiger partial charge < -0.3 is 15.5 Å². The maximum absolute atomic E-state index is 9.29. The first-order valence-corrected chi connectivity index (χ1v) is 6.22. The molecule has 0 saturated carbocycles. The van der Waals surface area contributed by atoms with E-state index in [4.69, 9.17) is 11.6 Å². The van der Waals surface area contributed by atoms with Crippen LogP contribution in [-0.2, 0) is 6.54 Å². The first kappa shape index (κ1) is 14.3. The number of aliphatic hydroxyl groups is 1. The number of halogens is 1. The van der Waals surface area contributed by atoms with Gasteiger partial charge in [-0.25, -0.2) is 0 Å². The maximum atomic E-state index is 9.29. The second kappa shape index (κ2) is 6.84. The minimum absolute atomic E-state index is 0.0938. The average molecular weight is 258 g/mol. The summed E-state index contributed by atoms with van der Waals surface area (Å²) in [4.78, 5) is 0. The van der Waals surface area contributed by atoms with Crippen molar-refractivity contribution in [2.45, 2.75) is 32.9 Å². The number of aliphatic hydroxyl groups excluding tert-OH is 1. The Hall–Kier alpha value is -0.770. The fourth-order valence-corrected chi connectivity index (χ4v) is 1.92. The van der Waals surface area contributed by atoms with Gasteiger partial charge in [0.1, 0.15) is 5.75 Å². The maximum Gasteiger partial charge on any atom is 0.134 e. The van der Waals surface area contributed by atoms with Crippen LogP contribution < -0.4 is 5.32 Å². The molecule has 3 N–H and O–H groups in total. The SMILES string of the molecule is CC(C)CC(CO)NCc1ccc(O)c(Cl)c1. The van der Waals surface area contributed by atoms with E-state index in [-0.39, 0.29) is 18.4 Å². The van der Waals surface area contributed by atoms with Crippen LogP contribution in [0.5, 0.6) is 5.75 Å². The molecule has 1 aromatic carbocycles. The van der Waals surface area contributed by atoms with Gasteiger partial charge >= 0.3 is 0 Å². The van der Waals surface area contributed by atoms with Crippen molar-refractivity contribution in [3.05, 3.63) is 28.8 Å². The van der Waals surface area contributed by atoms with Crippen LogP contribution in [0.15, 0.2) is 18.2 Å². The summed E-state index contributed by atoms with van der Waals surface area (Å²) >= 11 is 5.82. The fraction of sp³-hybridized carbons (Fsp3) is 0.538. The molecule has 0 amide bonds. The minimum Gasteiger partial charge on any atom is -0.506 e. The van der Waals surface area contributed by atoms with Crippen LogP contribution in [0, 0.1) is 5.92 Å². The second-order valence-corrected chi connectivity index (χ2v) is 5.08. The Morgan fingerprint density at radius 1 is 1.35 bits per heavy atom. The average Bonchev–Trinajstić information content (AvgIpc) is 2.28. The molecular formula is C13H20ClNO2. The smallest absolute Gasteiger partial charge is 0.134 e. The molecule has 1 aromatic rings. The zero-order valence-electron chi connectivity index (χ0n) is 10.3. The third kappa shape index (κ3) is 4.94. The topological polar surface area (TPSA) is 52.5 Å². The molecule has 0 spiro atoms. The lowest BCUT2D eigenvalue weighted by atomic mass is 10.0. The Bertz CT molecular complexity index is 355. The monoisotopic (exact) mass is 257 g/mol. The molecule has 3 nitrogen and oxygen atoms in total. The number of hydrogen-bond acceptors (Lipinski definition) is 3. The van der Waals surface area contributed by atoms with Crippen LogP contribution in [0.2, 0.25) is 5.02 Å². The van der Waals surface area contributed by atoms with E-state index in [0.29, 0.717) is 17.5 Å². The Morgan fingerprint density at radius 2 is 2.06 bits per heavy atom. The number of hydrogen-bond donors (Lipinski definition) is 3. The summed E-state index contributed by atoms with van der Waals surface area (Å²) < 4.78 is 0.